The summed E-state index contributed by atoms with van der Waals surface area (Å²) >= 11 is 0. The topological polar surface area (TPSA) is 89.3 Å². The third kappa shape index (κ3) is 4.41. The van der Waals surface area contributed by atoms with Crippen LogP contribution < -0.4 is 11.1 Å². The molecule has 0 heterocycles. The van der Waals surface area contributed by atoms with Crippen molar-refractivity contribution in [2.75, 3.05) is 0 Å². The van der Waals surface area contributed by atoms with Crippen molar-refractivity contribution >= 4 is 15.7 Å². The van der Waals surface area contributed by atoms with Crippen LogP contribution in [0.4, 0.5) is 22.0 Å². The van der Waals surface area contributed by atoms with Crippen molar-refractivity contribution in [3.63, 3.8) is 0 Å². The fraction of sp³-hybridized carbons (Fsp3) is 0.519. The molecule has 2 aliphatic rings. The number of carbonyl (C=O) groups excluding carboxylic acids is 1. The quantitative estimate of drug-likeness (QED) is 0.383. The smallest absolute Gasteiger partial charge is 0.352 e. The Kier molecular flexibility index (Phi) is 7.18. The van der Waals surface area contributed by atoms with Gasteiger partial charge in [-0.3, -0.25) is 4.79 Å². The average molecular weight is 559 g/mol. The summed E-state index contributed by atoms with van der Waals surface area (Å²) in [6, 6.07) is 6.68. The Balaban J connectivity index is 1.87. The molecule has 38 heavy (non-hydrogen) atoms. The Morgan fingerprint density at radius 2 is 1.71 bits per heavy atom. The molecule has 0 radical (unpaired) electrons. The maximum Gasteiger partial charge on any atom is 0.426 e. The molecule has 0 aliphatic heterocycles. The van der Waals surface area contributed by atoms with Crippen LogP contribution in [0.15, 0.2) is 47.4 Å². The third-order valence-corrected chi connectivity index (χ3v) is 10.9. The van der Waals surface area contributed by atoms with Gasteiger partial charge in [0.05, 0.1) is 10.9 Å². The minimum atomic E-state index is -5.15. The molecular formula is C27H31F5N2O3S. The number of hydrogen-bond acceptors (Lipinski definition) is 4. The molecule has 1 amide bonds. The fourth-order valence-corrected chi connectivity index (χ4v) is 8.72. The molecular weight excluding hydrogens is 527 g/mol. The molecule has 0 saturated heterocycles. The van der Waals surface area contributed by atoms with E-state index in [9.17, 15) is 35.2 Å². The fourth-order valence-electron chi connectivity index (χ4n) is 6.24. The number of benzene rings is 2. The second-order valence-corrected chi connectivity index (χ2v) is 12.9. The summed E-state index contributed by atoms with van der Waals surface area (Å²) in [4.78, 5) is 12.2. The summed E-state index contributed by atoms with van der Waals surface area (Å²) in [7, 11) is -4.20. The summed E-state index contributed by atoms with van der Waals surface area (Å²) < 4.78 is 95.9. The normalized spacial score (nSPS) is 26.6. The Labute approximate surface area is 218 Å². The van der Waals surface area contributed by atoms with Gasteiger partial charge >= 0.3 is 6.18 Å². The van der Waals surface area contributed by atoms with Crippen molar-refractivity contribution in [2.24, 2.45) is 17.6 Å². The van der Waals surface area contributed by atoms with Crippen molar-refractivity contribution < 1.29 is 35.2 Å². The Morgan fingerprint density at radius 1 is 1.08 bits per heavy atom. The van der Waals surface area contributed by atoms with Gasteiger partial charge in [0, 0.05) is 6.04 Å². The lowest BCUT2D eigenvalue weighted by molar-refractivity contribution is -0.228. The van der Waals surface area contributed by atoms with Crippen LogP contribution >= 0.6 is 0 Å². The number of hydrogen-bond donors (Lipinski definition) is 2. The van der Waals surface area contributed by atoms with Crippen LogP contribution in [0, 0.1) is 17.7 Å². The minimum absolute atomic E-state index is 0.112. The first-order chi connectivity index (χ1) is 17.5. The number of carbonyl (C=O) groups is 1. The molecule has 2 aliphatic carbocycles. The second kappa shape index (κ2) is 9.59. The first-order valence-corrected chi connectivity index (χ1v) is 14.0. The number of nitrogens with two attached hydrogens (primary N) is 1. The molecule has 1 fully saturated rings. The van der Waals surface area contributed by atoms with E-state index in [-0.39, 0.29) is 29.6 Å². The average Bonchev–Trinajstić information content (AvgIpc) is 3.25. The highest BCUT2D eigenvalue weighted by Gasteiger charge is 2.61. The minimum Gasteiger partial charge on any atom is -0.352 e. The molecule has 11 heteroatoms. The molecule has 6 atom stereocenters. The van der Waals surface area contributed by atoms with Crippen molar-refractivity contribution in [1.82, 2.24) is 5.32 Å². The number of rotatable bonds is 6. The van der Waals surface area contributed by atoms with Gasteiger partial charge in [0.15, 0.2) is 9.84 Å². The molecule has 0 spiro atoms. The van der Waals surface area contributed by atoms with E-state index in [1.54, 1.807) is 6.92 Å². The molecule has 2 unspecified atom stereocenters. The van der Waals surface area contributed by atoms with Gasteiger partial charge in [-0.15, -0.1) is 0 Å². The van der Waals surface area contributed by atoms with Gasteiger partial charge in [0.1, 0.15) is 10.6 Å². The van der Waals surface area contributed by atoms with Crippen molar-refractivity contribution in [2.45, 2.75) is 80.0 Å². The first-order valence-electron chi connectivity index (χ1n) is 12.5. The monoisotopic (exact) mass is 558 g/mol. The molecule has 0 bridgehead atoms. The van der Waals surface area contributed by atoms with Crippen LogP contribution in [0.2, 0.25) is 0 Å². The predicted molar refractivity (Wildman–Crippen MR) is 132 cm³/mol. The van der Waals surface area contributed by atoms with E-state index < -0.39 is 55.8 Å². The molecule has 2 aromatic carbocycles. The number of alkyl halides is 4. The summed E-state index contributed by atoms with van der Waals surface area (Å²) in [6.45, 7) is 3.76. The zero-order chi connectivity index (χ0) is 28.3. The van der Waals surface area contributed by atoms with E-state index in [4.69, 9.17) is 5.73 Å². The van der Waals surface area contributed by atoms with Crippen LogP contribution in [0.25, 0.3) is 0 Å². The Bertz CT molecular complexity index is 1330. The van der Waals surface area contributed by atoms with Crippen molar-refractivity contribution in [1.29, 1.82) is 0 Å². The van der Waals surface area contributed by atoms with Gasteiger partial charge in [0.25, 0.3) is 0 Å². The standard InChI is InChI=1S/C27H31F5N2O3S/c1-15(33)24(35)34-16(2)21-12-13-26(38(36,37)20-8-6-19(28)7-9-20)22-11-5-18(25(3,29)27(30,31)32)14-17(22)4-10-23(21)26/h5-9,11,14-16,21,23H,4,10,12-13,33H2,1-3H3,(H,34,35)/t15-,16?,21-,23-,25?,26+/m0/s1. The van der Waals surface area contributed by atoms with Crippen LogP contribution in [0.5, 0.6) is 0 Å². The molecule has 1 saturated carbocycles. The molecule has 3 N–H and O–H groups in total. The largest absolute Gasteiger partial charge is 0.426 e. The zero-order valence-electron chi connectivity index (χ0n) is 21.3. The van der Waals surface area contributed by atoms with Gasteiger partial charge < -0.3 is 11.1 Å². The number of aryl methyl sites for hydroxylation is 1. The van der Waals surface area contributed by atoms with Crippen molar-refractivity contribution in [3.8, 4) is 0 Å². The van der Waals surface area contributed by atoms with Gasteiger partial charge in [-0.2, -0.15) is 13.2 Å². The number of halogens is 5. The lowest BCUT2D eigenvalue weighted by atomic mass is 9.71. The zero-order valence-corrected chi connectivity index (χ0v) is 22.1. The van der Waals surface area contributed by atoms with Gasteiger partial charge in [-0.05, 0) is 99.2 Å². The summed E-state index contributed by atoms with van der Waals surface area (Å²) in [5, 5.41) is 2.86. The molecule has 5 nitrogen and oxygen atoms in total. The summed E-state index contributed by atoms with van der Waals surface area (Å²) in [6.07, 6.45) is -4.06. The summed E-state index contributed by atoms with van der Waals surface area (Å²) in [5.41, 5.74) is 2.15. The SMILES string of the molecule is CC(NC(=O)[C@H](C)N)[C@@H]1CC[C@@]2(S(=O)(=O)c3ccc(F)cc3)c3ccc(C(C)(F)C(F)(F)F)cc3CC[C@@H]12. The van der Waals surface area contributed by atoms with E-state index in [0.717, 1.165) is 24.3 Å². The highest BCUT2D eigenvalue weighted by atomic mass is 32.2. The lowest BCUT2D eigenvalue weighted by Crippen LogP contribution is -2.50. The molecule has 2 aromatic rings. The number of nitrogens with one attached hydrogen (secondary N) is 1. The van der Waals surface area contributed by atoms with E-state index in [2.05, 4.69) is 5.32 Å². The Hall–Kier alpha value is -2.53. The second-order valence-electron chi connectivity index (χ2n) is 10.7. The third-order valence-electron chi connectivity index (χ3n) is 8.35. The van der Waals surface area contributed by atoms with Crippen LogP contribution in [-0.2, 0) is 31.5 Å². The van der Waals surface area contributed by atoms with E-state index in [1.807, 2.05) is 0 Å². The highest BCUT2D eigenvalue weighted by Crippen LogP contribution is 2.60. The molecule has 208 valence electrons. The van der Waals surface area contributed by atoms with Gasteiger partial charge in [-0.1, -0.05) is 18.2 Å². The molecule has 4 rings (SSSR count). The maximum atomic E-state index is 14.8. The van der Waals surface area contributed by atoms with Crippen LogP contribution in [0.1, 0.15) is 56.7 Å². The number of amides is 1. The number of fused-ring (bicyclic) bond motifs is 3. The van der Waals surface area contributed by atoms with E-state index in [0.29, 0.717) is 30.9 Å². The van der Waals surface area contributed by atoms with E-state index in [1.165, 1.54) is 25.1 Å². The van der Waals surface area contributed by atoms with Crippen LogP contribution in [-0.4, -0.2) is 32.6 Å². The van der Waals surface area contributed by atoms with Crippen LogP contribution in [0.3, 0.4) is 0 Å². The predicted octanol–water partition coefficient (Wildman–Crippen LogP) is 5.07. The van der Waals surface area contributed by atoms with Gasteiger partial charge in [-0.25, -0.2) is 17.2 Å². The summed E-state index contributed by atoms with van der Waals surface area (Å²) in [5.74, 6) is -1.77. The number of sulfone groups is 1. The Morgan fingerprint density at radius 3 is 2.29 bits per heavy atom. The van der Waals surface area contributed by atoms with Gasteiger partial charge in [0.2, 0.25) is 11.6 Å². The maximum absolute atomic E-state index is 14.8. The first kappa shape index (κ1) is 28.5. The van der Waals surface area contributed by atoms with E-state index >= 15 is 0 Å². The lowest BCUT2D eigenvalue weighted by Gasteiger charge is -2.43. The van der Waals surface area contributed by atoms with Crippen molar-refractivity contribution in [3.05, 3.63) is 65.0 Å². The highest BCUT2D eigenvalue weighted by molar-refractivity contribution is 7.92. The molecule has 0 aromatic heterocycles.